The number of carbonyl (C=O) groups excluding carboxylic acids is 1. The van der Waals surface area contributed by atoms with Crippen molar-refractivity contribution in [2.75, 3.05) is 4.90 Å². The van der Waals surface area contributed by atoms with E-state index >= 15 is 0 Å². The molecule has 1 atom stereocenters. The van der Waals surface area contributed by atoms with E-state index < -0.39 is 0 Å². The van der Waals surface area contributed by atoms with Crippen LogP contribution in [-0.2, 0) is 4.79 Å². The van der Waals surface area contributed by atoms with Gasteiger partial charge in [0.05, 0.1) is 0 Å². The van der Waals surface area contributed by atoms with E-state index in [4.69, 9.17) is 0 Å². The van der Waals surface area contributed by atoms with Crippen molar-refractivity contribution in [3.05, 3.63) is 36.4 Å². The van der Waals surface area contributed by atoms with Crippen LogP contribution in [0.3, 0.4) is 0 Å². The number of anilines is 1. The Morgan fingerprint density at radius 2 is 2.17 bits per heavy atom. The van der Waals surface area contributed by atoms with Gasteiger partial charge in [0.15, 0.2) is 0 Å². The third-order valence-electron chi connectivity index (χ3n) is 3.10. The summed E-state index contributed by atoms with van der Waals surface area (Å²) in [7, 11) is 0. The second kappa shape index (κ2) is 7.00. The molecule has 2 heteroatoms. The lowest BCUT2D eigenvalue weighted by Crippen LogP contribution is -2.38. The first-order chi connectivity index (χ1) is 8.63. The van der Waals surface area contributed by atoms with Gasteiger partial charge in [-0.2, -0.15) is 0 Å². The van der Waals surface area contributed by atoms with Gasteiger partial charge in [0.2, 0.25) is 5.91 Å². The van der Waals surface area contributed by atoms with Crippen LogP contribution >= 0.6 is 0 Å². The van der Waals surface area contributed by atoms with E-state index in [0.717, 1.165) is 24.1 Å². The summed E-state index contributed by atoms with van der Waals surface area (Å²) in [6.45, 7) is 9.94. The number of carbonyl (C=O) groups is 1. The summed E-state index contributed by atoms with van der Waals surface area (Å²) in [6.07, 6.45) is 4.44. The summed E-state index contributed by atoms with van der Waals surface area (Å²) in [4.78, 5) is 14.0. The standard InChI is InChI=1S/C16H23NO/c1-5-9-13(4)17(16(18)7-3)15-11-8-10-14(6-2)12-15/h6,8,10-13H,2,5,7,9H2,1,3-4H3. The van der Waals surface area contributed by atoms with Crippen molar-refractivity contribution in [1.29, 1.82) is 0 Å². The van der Waals surface area contributed by atoms with E-state index in [2.05, 4.69) is 20.4 Å². The van der Waals surface area contributed by atoms with Gasteiger partial charge < -0.3 is 4.90 Å². The maximum atomic E-state index is 12.1. The highest BCUT2D eigenvalue weighted by atomic mass is 16.2. The number of amides is 1. The molecule has 1 unspecified atom stereocenters. The molecule has 0 fully saturated rings. The summed E-state index contributed by atoms with van der Waals surface area (Å²) in [6, 6.07) is 8.22. The molecule has 0 aliphatic carbocycles. The minimum atomic E-state index is 0.178. The van der Waals surface area contributed by atoms with Gasteiger partial charge >= 0.3 is 0 Å². The van der Waals surface area contributed by atoms with E-state index in [1.54, 1.807) is 0 Å². The van der Waals surface area contributed by atoms with Crippen molar-refractivity contribution in [2.24, 2.45) is 0 Å². The first-order valence-corrected chi connectivity index (χ1v) is 6.68. The van der Waals surface area contributed by atoms with Crippen LogP contribution in [0, 0.1) is 0 Å². The van der Waals surface area contributed by atoms with Crippen molar-refractivity contribution >= 4 is 17.7 Å². The van der Waals surface area contributed by atoms with Gasteiger partial charge in [0.25, 0.3) is 0 Å². The van der Waals surface area contributed by atoms with Crippen LogP contribution in [0.2, 0.25) is 0 Å². The van der Waals surface area contributed by atoms with Crippen LogP contribution in [0.25, 0.3) is 6.08 Å². The van der Waals surface area contributed by atoms with Crippen molar-refractivity contribution in [1.82, 2.24) is 0 Å². The van der Waals surface area contributed by atoms with Gasteiger partial charge in [-0.3, -0.25) is 4.79 Å². The second-order valence-corrected chi connectivity index (χ2v) is 4.55. The smallest absolute Gasteiger partial charge is 0.226 e. The third kappa shape index (κ3) is 3.46. The Morgan fingerprint density at radius 3 is 2.72 bits per heavy atom. The molecular weight excluding hydrogens is 222 g/mol. The van der Waals surface area contributed by atoms with Crippen molar-refractivity contribution < 1.29 is 4.79 Å². The normalized spacial score (nSPS) is 11.9. The molecule has 0 spiro atoms. The van der Waals surface area contributed by atoms with Gasteiger partial charge in [0, 0.05) is 18.2 Å². The molecule has 1 amide bonds. The number of hydrogen-bond donors (Lipinski definition) is 0. The summed E-state index contributed by atoms with van der Waals surface area (Å²) < 4.78 is 0. The molecule has 2 nitrogen and oxygen atoms in total. The van der Waals surface area contributed by atoms with Crippen LogP contribution in [0.5, 0.6) is 0 Å². The molecule has 0 bridgehead atoms. The highest BCUT2D eigenvalue weighted by Gasteiger charge is 2.19. The van der Waals surface area contributed by atoms with E-state index in [1.807, 2.05) is 42.2 Å². The molecule has 0 heterocycles. The lowest BCUT2D eigenvalue weighted by atomic mass is 10.1. The molecular formula is C16H23NO. The molecule has 0 saturated carbocycles. The molecule has 0 N–H and O–H groups in total. The fraction of sp³-hybridized carbons (Fsp3) is 0.438. The fourth-order valence-corrected chi connectivity index (χ4v) is 2.16. The second-order valence-electron chi connectivity index (χ2n) is 4.55. The summed E-state index contributed by atoms with van der Waals surface area (Å²) in [5, 5.41) is 0. The first-order valence-electron chi connectivity index (χ1n) is 6.68. The zero-order valence-corrected chi connectivity index (χ0v) is 11.6. The molecule has 1 aromatic rings. The Labute approximate surface area is 110 Å². The zero-order chi connectivity index (χ0) is 13.5. The lowest BCUT2D eigenvalue weighted by Gasteiger charge is -2.29. The predicted molar refractivity (Wildman–Crippen MR) is 78.7 cm³/mol. The quantitative estimate of drug-likeness (QED) is 0.733. The summed E-state index contributed by atoms with van der Waals surface area (Å²) in [5.41, 5.74) is 2.02. The Morgan fingerprint density at radius 1 is 1.44 bits per heavy atom. The van der Waals surface area contributed by atoms with Gasteiger partial charge in [-0.05, 0) is 31.0 Å². The number of hydrogen-bond acceptors (Lipinski definition) is 1. The number of nitrogens with zero attached hydrogens (tertiary/aromatic N) is 1. The van der Waals surface area contributed by atoms with Crippen LogP contribution in [0.1, 0.15) is 45.6 Å². The molecule has 0 aliphatic heterocycles. The molecule has 1 rings (SSSR count). The summed E-state index contributed by atoms with van der Waals surface area (Å²) >= 11 is 0. The molecule has 98 valence electrons. The number of rotatable bonds is 6. The Kier molecular flexibility index (Phi) is 5.63. The van der Waals surface area contributed by atoms with Crippen LogP contribution < -0.4 is 4.90 Å². The molecule has 0 aliphatic rings. The third-order valence-corrected chi connectivity index (χ3v) is 3.10. The SMILES string of the molecule is C=Cc1cccc(N(C(=O)CC)C(C)CCC)c1. The lowest BCUT2D eigenvalue weighted by molar-refractivity contribution is -0.118. The van der Waals surface area contributed by atoms with Crippen LogP contribution in [0.15, 0.2) is 30.8 Å². The molecule has 1 aromatic carbocycles. The molecule has 0 radical (unpaired) electrons. The predicted octanol–water partition coefficient (Wildman–Crippen LogP) is 4.26. The van der Waals surface area contributed by atoms with Gasteiger partial charge in [-0.15, -0.1) is 0 Å². The van der Waals surface area contributed by atoms with E-state index in [-0.39, 0.29) is 11.9 Å². The Balaban J connectivity index is 3.08. The minimum Gasteiger partial charge on any atom is -0.310 e. The highest BCUT2D eigenvalue weighted by molar-refractivity contribution is 5.94. The monoisotopic (exact) mass is 245 g/mol. The van der Waals surface area contributed by atoms with Crippen LogP contribution in [0.4, 0.5) is 5.69 Å². The highest BCUT2D eigenvalue weighted by Crippen LogP contribution is 2.22. The van der Waals surface area contributed by atoms with Crippen LogP contribution in [-0.4, -0.2) is 11.9 Å². The average Bonchev–Trinajstić information content (AvgIpc) is 2.39. The van der Waals surface area contributed by atoms with Gasteiger partial charge in [-0.1, -0.05) is 45.1 Å². The largest absolute Gasteiger partial charge is 0.310 e. The molecule has 0 saturated heterocycles. The van der Waals surface area contributed by atoms with Gasteiger partial charge in [-0.25, -0.2) is 0 Å². The molecule has 0 aromatic heterocycles. The molecule has 18 heavy (non-hydrogen) atoms. The van der Waals surface area contributed by atoms with Crippen molar-refractivity contribution in [2.45, 2.75) is 46.1 Å². The first kappa shape index (κ1) is 14.5. The van der Waals surface area contributed by atoms with Gasteiger partial charge in [0.1, 0.15) is 0 Å². The minimum absolute atomic E-state index is 0.178. The average molecular weight is 245 g/mol. The van der Waals surface area contributed by atoms with E-state index in [9.17, 15) is 4.79 Å². The Hall–Kier alpha value is -1.57. The van der Waals surface area contributed by atoms with Crippen molar-refractivity contribution in [3.63, 3.8) is 0 Å². The Bertz CT molecular complexity index is 411. The number of benzene rings is 1. The zero-order valence-electron chi connectivity index (χ0n) is 11.6. The van der Waals surface area contributed by atoms with E-state index in [0.29, 0.717) is 6.42 Å². The maximum absolute atomic E-state index is 12.1. The maximum Gasteiger partial charge on any atom is 0.226 e. The summed E-state index contributed by atoms with van der Waals surface area (Å²) in [5.74, 6) is 0.178. The fourth-order valence-electron chi connectivity index (χ4n) is 2.16. The topological polar surface area (TPSA) is 20.3 Å². The van der Waals surface area contributed by atoms with Crippen molar-refractivity contribution in [3.8, 4) is 0 Å². The van der Waals surface area contributed by atoms with E-state index in [1.165, 1.54) is 0 Å².